The van der Waals surface area contributed by atoms with E-state index >= 15 is 0 Å². The number of rotatable bonds is 7. The summed E-state index contributed by atoms with van der Waals surface area (Å²) in [6.07, 6.45) is 4.37. The molecule has 0 aliphatic carbocycles. The average Bonchev–Trinajstić information content (AvgIpc) is 2.54. The molecule has 4 nitrogen and oxygen atoms in total. The number of aromatic nitrogens is 2. The fraction of sp³-hybridized carbons (Fsp3) is 0.545. The first-order valence-electron chi connectivity index (χ1n) is 5.16. The maximum absolute atomic E-state index is 5.02. The van der Waals surface area contributed by atoms with Gasteiger partial charge in [0.25, 0.3) is 0 Å². The van der Waals surface area contributed by atoms with Crippen molar-refractivity contribution >= 4 is 0 Å². The molecule has 0 saturated heterocycles. The van der Waals surface area contributed by atoms with Gasteiger partial charge in [-0.2, -0.15) is 5.10 Å². The van der Waals surface area contributed by atoms with Crippen molar-refractivity contribution in [3.63, 3.8) is 0 Å². The van der Waals surface area contributed by atoms with Crippen LogP contribution in [0.1, 0.15) is 17.7 Å². The van der Waals surface area contributed by atoms with Gasteiger partial charge < -0.3 is 10.1 Å². The Bertz CT molecular complexity index is 307. The zero-order valence-electron chi connectivity index (χ0n) is 9.49. The van der Waals surface area contributed by atoms with Gasteiger partial charge in [-0.05, 0) is 19.9 Å². The maximum Gasteiger partial charge on any atom is 0.0885 e. The van der Waals surface area contributed by atoms with Gasteiger partial charge in [0.05, 0.1) is 19.1 Å². The highest BCUT2D eigenvalue weighted by atomic mass is 16.5. The second-order valence-electron chi connectivity index (χ2n) is 3.45. The highest BCUT2D eigenvalue weighted by Gasteiger charge is 2.01. The molecule has 0 aliphatic rings. The van der Waals surface area contributed by atoms with Crippen molar-refractivity contribution in [2.75, 3.05) is 13.2 Å². The van der Waals surface area contributed by atoms with Crippen LogP contribution in [-0.2, 0) is 18.3 Å². The van der Waals surface area contributed by atoms with Crippen molar-refractivity contribution < 1.29 is 4.74 Å². The van der Waals surface area contributed by atoms with Crippen LogP contribution < -0.4 is 5.32 Å². The van der Waals surface area contributed by atoms with Gasteiger partial charge >= 0.3 is 0 Å². The molecule has 1 heterocycles. The van der Waals surface area contributed by atoms with E-state index in [-0.39, 0.29) is 0 Å². The first-order chi connectivity index (χ1) is 7.25. The minimum Gasteiger partial charge on any atom is -0.502 e. The summed E-state index contributed by atoms with van der Waals surface area (Å²) in [7, 11) is 1.96. The Morgan fingerprint density at radius 2 is 2.47 bits per heavy atom. The summed E-state index contributed by atoms with van der Waals surface area (Å²) in [5, 5.41) is 7.53. The Labute approximate surface area is 90.9 Å². The largest absolute Gasteiger partial charge is 0.502 e. The molecule has 1 N–H and O–H groups in total. The van der Waals surface area contributed by atoms with E-state index in [2.05, 4.69) is 23.9 Å². The van der Waals surface area contributed by atoms with Crippen LogP contribution in [0.2, 0.25) is 0 Å². The van der Waals surface area contributed by atoms with Gasteiger partial charge in [-0.15, -0.1) is 0 Å². The molecule has 0 saturated carbocycles. The molecule has 1 aromatic heterocycles. The molecule has 0 fully saturated rings. The topological polar surface area (TPSA) is 39.1 Å². The maximum atomic E-state index is 5.02. The lowest BCUT2D eigenvalue weighted by Crippen LogP contribution is -2.16. The van der Waals surface area contributed by atoms with Crippen molar-refractivity contribution in [2.24, 2.45) is 7.05 Å². The summed E-state index contributed by atoms with van der Waals surface area (Å²) >= 11 is 0. The SMILES string of the molecule is C=COCCCNCc1cnn(C)c1C. The third kappa shape index (κ3) is 3.75. The molecular weight excluding hydrogens is 190 g/mol. The van der Waals surface area contributed by atoms with Gasteiger partial charge in [0, 0.05) is 24.8 Å². The van der Waals surface area contributed by atoms with E-state index in [1.165, 1.54) is 17.5 Å². The van der Waals surface area contributed by atoms with Crippen LogP contribution in [0.4, 0.5) is 0 Å². The molecule has 0 aromatic carbocycles. The third-order valence-corrected chi connectivity index (χ3v) is 2.39. The summed E-state index contributed by atoms with van der Waals surface area (Å²) in [5.74, 6) is 0. The second kappa shape index (κ2) is 6.24. The van der Waals surface area contributed by atoms with Gasteiger partial charge in [0.1, 0.15) is 0 Å². The van der Waals surface area contributed by atoms with E-state index in [1.54, 1.807) is 0 Å². The van der Waals surface area contributed by atoms with Crippen LogP contribution in [0.25, 0.3) is 0 Å². The van der Waals surface area contributed by atoms with E-state index < -0.39 is 0 Å². The predicted molar refractivity (Wildman–Crippen MR) is 60.4 cm³/mol. The van der Waals surface area contributed by atoms with Crippen molar-refractivity contribution in [2.45, 2.75) is 19.9 Å². The van der Waals surface area contributed by atoms with E-state index in [0.29, 0.717) is 0 Å². The van der Waals surface area contributed by atoms with Crippen LogP contribution in [0.15, 0.2) is 19.0 Å². The molecule has 0 spiro atoms. The Hall–Kier alpha value is -1.29. The Morgan fingerprint density at radius 3 is 3.07 bits per heavy atom. The molecule has 0 atom stereocenters. The van der Waals surface area contributed by atoms with Gasteiger partial charge in [-0.25, -0.2) is 0 Å². The van der Waals surface area contributed by atoms with Crippen LogP contribution >= 0.6 is 0 Å². The lowest BCUT2D eigenvalue weighted by Gasteiger charge is -2.04. The molecular formula is C11H19N3O. The van der Waals surface area contributed by atoms with E-state index in [4.69, 9.17) is 4.74 Å². The van der Waals surface area contributed by atoms with Crippen LogP contribution in [-0.4, -0.2) is 22.9 Å². The number of hydrogen-bond donors (Lipinski definition) is 1. The zero-order chi connectivity index (χ0) is 11.1. The summed E-state index contributed by atoms with van der Waals surface area (Å²) in [4.78, 5) is 0. The molecule has 1 rings (SSSR count). The number of nitrogens with one attached hydrogen (secondary N) is 1. The van der Waals surface area contributed by atoms with Gasteiger partial charge in [-0.3, -0.25) is 4.68 Å². The number of nitrogens with zero attached hydrogens (tertiary/aromatic N) is 2. The first kappa shape index (κ1) is 11.8. The molecule has 0 unspecified atom stereocenters. The minimum atomic E-state index is 0.725. The summed E-state index contributed by atoms with van der Waals surface area (Å²) < 4.78 is 6.91. The van der Waals surface area contributed by atoms with Crippen molar-refractivity contribution in [1.82, 2.24) is 15.1 Å². The van der Waals surface area contributed by atoms with Crippen molar-refractivity contribution in [3.05, 3.63) is 30.3 Å². The normalized spacial score (nSPS) is 10.3. The molecule has 0 bridgehead atoms. The molecule has 0 aliphatic heterocycles. The van der Waals surface area contributed by atoms with Gasteiger partial charge in [-0.1, -0.05) is 6.58 Å². The molecule has 0 radical (unpaired) electrons. The third-order valence-electron chi connectivity index (χ3n) is 2.39. The number of ether oxygens (including phenoxy) is 1. The van der Waals surface area contributed by atoms with E-state index in [1.807, 2.05) is 17.9 Å². The fourth-order valence-electron chi connectivity index (χ4n) is 1.30. The molecule has 0 amide bonds. The van der Waals surface area contributed by atoms with Gasteiger partial charge in [0.15, 0.2) is 0 Å². The highest BCUT2D eigenvalue weighted by molar-refractivity contribution is 5.15. The standard InChI is InChI=1S/C11H19N3O/c1-4-15-7-5-6-12-8-11-9-13-14(3)10(11)2/h4,9,12H,1,5-8H2,2-3H3. The van der Waals surface area contributed by atoms with Crippen LogP contribution in [0.3, 0.4) is 0 Å². The summed E-state index contributed by atoms with van der Waals surface area (Å²) in [6, 6.07) is 0. The quantitative estimate of drug-likeness (QED) is 0.544. The first-order valence-corrected chi connectivity index (χ1v) is 5.16. The molecule has 1 aromatic rings. The van der Waals surface area contributed by atoms with Crippen molar-refractivity contribution in [1.29, 1.82) is 0 Å². The predicted octanol–water partition coefficient (Wildman–Crippen LogP) is 1.37. The minimum absolute atomic E-state index is 0.725. The monoisotopic (exact) mass is 209 g/mol. The smallest absolute Gasteiger partial charge is 0.0885 e. The molecule has 4 heteroatoms. The van der Waals surface area contributed by atoms with Crippen LogP contribution in [0, 0.1) is 6.92 Å². The zero-order valence-corrected chi connectivity index (χ0v) is 9.49. The van der Waals surface area contributed by atoms with E-state index in [9.17, 15) is 0 Å². The Kier molecular flexibility index (Phi) is 4.90. The molecule has 15 heavy (non-hydrogen) atoms. The summed E-state index contributed by atoms with van der Waals surface area (Å²) in [6.45, 7) is 8.10. The highest BCUT2D eigenvalue weighted by Crippen LogP contribution is 2.04. The van der Waals surface area contributed by atoms with Gasteiger partial charge in [0.2, 0.25) is 0 Å². The Morgan fingerprint density at radius 1 is 1.67 bits per heavy atom. The Balaban J connectivity index is 2.15. The average molecular weight is 209 g/mol. The van der Waals surface area contributed by atoms with E-state index in [0.717, 1.165) is 26.1 Å². The number of hydrogen-bond acceptors (Lipinski definition) is 3. The fourth-order valence-corrected chi connectivity index (χ4v) is 1.30. The number of aryl methyl sites for hydroxylation is 1. The lowest BCUT2D eigenvalue weighted by molar-refractivity contribution is 0.244. The van der Waals surface area contributed by atoms with Crippen LogP contribution in [0.5, 0.6) is 0 Å². The summed E-state index contributed by atoms with van der Waals surface area (Å²) in [5.41, 5.74) is 2.46. The van der Waals surface area contributed by atoms with Crippen molar-refractivity contribution in [3.8, 4) is 0 Å². The molecule has 84 valence electrons. The second-order valence-corrected chi connectivity index (χ2v) is 3.45. The lowest BCUT2D eigenvalue weighted by atomic mass is 10.2.